The Balaban J connectivity index is 1.87. The number of rotatable bonds is 9. The minimum Gasteiger partial charge on any atom is -0.394 e. The number of nitrogens with two attached hydrogens (primary N) is 1. The molecule has 3 aliphatic rings. The molecule has 0 aromatic carbocycles. The number of aliphatic hydroxyl groups excluding tert-OH is 8. The zero-order valence-corrected chi connectivity index (χ0v) is 21.8. The van der Waals surface area contributed by atoms with Crippen molar-refractivity contribution in [3.63, 3.8) is 0 Å². The van der Waals surface area contributed by atoms with Crippen LogP contribution < -0.4 is 16.4 Å². The van der Waals surface area contributed by atoms with Gasteiger partial charge in [-0.1, -0.05) is 0 Å². The maximum Gasteiger partial charge on any atom is 0.217 e. The van der Waals surface area contributed by atoms with Crippen molar-refractivity contribution >= 4 is 11.8 Å². The molecule has 3 aliphatic heterocycles. The lowest BCUT2D eigenvalue weighted by molar-refractivity contribution is -0.351. The van der Waals surface area contributed by atoms with E-state index >= 15 is 0 Å². The lowest BCUT2D eigenvalue weighted by Crippen LogP contribution is -2.70. The van der Waals surface area contributed by atoms with E-state index in [4.69, 9.17) is 29.4 Å². The first-order valence-corrected chi connectivity index (χ1v) is 12.6. The van der Waals surface area contributed by atoms with E-state index in [1.807, 2.05) is 0 Å². The van der Waals surface area contributed by atoms with Gasteiger partial charge in [-0.2, -0.15) is 0 Å². The Bertz CT molecular complexity index is 854. The van der Waals surface area contributed by atoms with Gasteiger partial charge in [-0.05, 0) is 0 Å². The number of nitrogens with one attached hydrogen (secondary N) is 2. The topological polar surface area (TPSA) is 292 Å². The monoisotopic (exact) mass is 585 g/mol. The van der Waals surface area contributed by atoms with Gasteiger partial charge in [0.15, 0.2) is 18.9 Å². The highest BCUT2D eigenvalue weighted by Crippen LogP contribution is 2.32. The van der Waals surface area contributed by atoms with E-state index in [9.17, 15) is 50.4 Å². The molecule has 3 rings (SSSR count). The predicted octanol–water partition coefficient (Wildman–Crippen LogP) is -7.32. The third-order valence-corrected chi connectivity index (χ3v) is 6.98. The number of ether oxygens (including phenoxy) is 5. The van der Waals surface area contributed by atoms with Crippen LogP contribution in [0.4, 0.5) is 0 Å². The molecule has 0 saturated carbocycles. The molecule has 12 N–H and O–H groups in total. The number of hydrogen-bond acceptors (Lipinski definition) is 16. The Morgan fingerprint density at radius 3 is 1.57 bits per heavy atom. The molecule has 3 fully saturated rings. The molecular weight excluding hydrogens is 546 g/mol. The molecule has 3 heterocycles. The minimum atomic E-state index is -1.73. The van der Waals surface area contributed by atoms with Crippen LogP contribution in [0.2, 0.25) is 0 Å². The number of aliphatic hydroxyl groups is 8. The van der Waals surface area contributed by atoms with Crippen molar-refractivity contribution in [2.75, 3.05) is 19.8 Å². The van der Waals surface area contributed by atoms with Gasteiger partial charge in [0.05, 0.1) is 25.9 Å². The normalized spacial score (nSPS) is 46.0. The van der Waals surface area contributed by atoms with Gasteiger partial charge in [0.2, 0.25) is 11.8 Å². The van der Waals surface area contributed by atoms with Crippen LogP contribution in [0.3, 0.4) is 0 Å². The van der Waals surface area contributed by atoms with Gasteiger partial charge in [-0.15, -0.1) is 0 Å². The zero-order valence-electron chi connectivity index (χ0n) is 21.8. The second kappa shape index (κ2) is 14.0. The summed E-state index contributed by atoms with van der Waals surface area (Å²) >= 11 is 0. The molecule has 0 radical (unpaired) electrons. The molecule has 15 atom stereocenters. The number of amides is 2. The fraction of sp³-hybridized carbons (Fsp3) is 0.909. The van der Waals surface area contributed by atoms with E-state index in [0.29, 0.717) is 0 Å². The molecular formula is C22H39N3O15. The molecule has 0 bridgehead atoms. The first-order valence-electron chi connectivity index (χ1n) is 12.6. The molecule has 0 unspecified atom stereocenters. The summed E-state index contributed by atoms with van der Waals surface area (Å²) in [4.78, 5) is 23.8. The quantitative estimate of drug-likeness (QED) is 0.120. The van der Waals surface area contributed by atoms with Crippen molar-refractivity contribution in [2.24, 2.45) is 5.73 Å². The Morgan fingerprint density at radius 1 is 0.675 bits per heavy atom. The Kier molecular flexibility index (Phi) is 11.5. The second-order valence-electron chi connectivity index (χ2n) is 9.89. The van der Waals surface area contributed by atoms with Gasteiger partial charge in [-0.3, -0.25) is 9.59 Å². The molecule has 232 valence electrons. The molecule has 0 aromatic rings. The third kappa shape index (κ3) is 7.05. The molecule has 18 nitrogen and oxygen atoms in total. The van der Waals surface area contributed by atoms with Crippen LogP contribution >= 0.6 is 0 Å². The van der Waals surface area contributed by atoms with Crippen molar-refractivity contribution in [3.8, 4) is 0 Å². The van der Waals surface area contributed by atoms with Gasteiger partial charge < -0.3 is 80.9 Å². The first kappa shape index (κ1) is 32.9. The van der Waals surface area contributed by atoms with Crippen molar-refractivity contribution < 1.29 is 74.1 Å². The van der Waals surface area contributed by atoms with Crippen LogP contribution in [-0.4, -0.2) is 164 Å². The van der Waals surface area contributed by atoms with Crippen molar-refractivity contribution in [1.82, 2.24) is 10.6 Å². The lowest BCUT2D eigenvalue weighted by Gasteiger charge is -2.49. The van der Waals surface area contributed by atoms with Crippen molar-refractivity contribution in [3.05, 3.63) is 0 Å². The highest BCUT2D eigenvalue weighted by molar-refractivity contribution is 5.73. The smallest absolute Gasteiger partial charge is 0.217 e. The van der Waals surface area contributed by atoms with Crippen LogP contribution in [0, 0.1) is 0 Å². The lowest BCUT2D eigenvalue weighted by atomic mass is 9.94. The minimum absolute atomic E-state index is 0.630. The molecule has 0 aromatic heterocycles. The van der Waals surface area contributed by atoms with Crippen LogP contribution in [0.1, 0.15) is 13.8 Å². The van der Waals surface area contributed by atoms with E-state index in [1.165, 1.54) is 0 Å². The average Bonchev–Trinajstić information content (AvgIpc) is 2.90. The Hall–Kier alpha value is -1.62. The van der Waals surface area contributed by atoms with Crippen LogP contribution in [0.25, 0.3) is 0 Å². The SMILES string of the molecule is CC(=O)N[C@H]1[C@H](O[C@H]2[C@H](O)[C@@H](N)[C@@H](O)O[C@@H]2CO)O[C@H](CO)[C@@H](O[C@@H]2O[C@H](CO)[C@@H](O)[C@H](O)[C@H]2NC(C)=O)[C@@H]1O. The largest absolute Gasteiger partial charge is 0.394 e. The fourth-order valence-corrected chi connectivity index (χ4v) is 4.91. The van der Waals surface area contributed by atoms with Crippen molar-refractivity contribution in [1.29, 1.82) is 0 Å². The summed E-state index contributed by atoms with van der Waals surface area (Å²) in [6.07, 6.45) is -18.4. The molecule has 40 heavy (non-hydrogen) atoms. The number of carbonyl (C=O) groups is 2. The van der Waals surface area contributed by atoms with Gasteiger partial charge in [0.1, 0.15) is 67.0 Å². The van der Waals surface area contributed by atoms with Gasteiger partial charge >= 0.3 is 0 Å². The molecule has 18 heteroatoms. The maximum atomic E-state index is 12.0. The van der Waals surface area contributed by atoms with E-state index in [0.717, 1.165) is 13.8 Å². The Morgan fingerprint density at radius 2 is 1.10 bits per heavy atom. The van der Waals surface area contributed by atoms with E-state index < -0.39 is 124 Å². The predicted molar refractivity (Wildman–Crippen MR) is 126 cm³/mol. The summed E-state index contributed by atoms with van der Waals surface area (Å²) in [5, 5.41) is 86.6. The summed E-state index contributed by atoms with van der Waals surface area (Å²) in [7, 11) is 0. The van der Waals surface area contributed by atoms with Gasteiger partial charge in [-0.25, -0.2) is 0 Å². The van der Waals surface area contributed by atoms with E-state index in [-0.39, 0.29) is 0 Å². The first-order chi connectivity index (χ1) is 18.8. The third-order valence-electron chi connectivity index (χ3n) is 6.98. The standard InChI is InChI=1S/C22H39N3O15/c1-6(29)24-12-16(33)14(31)8(3-26)37-21(12)40-19-10(5-28)38-22(13(17(19)34)25-7(2)30)39-18-9(4-27)36-20(35)11(23)15(18)32/h8-22,26-28,31-35H,3-5,23H2,1-2H3,(H,24,29)(H,25,30)/t8-,9-,10-,11-,12-,13-,14-,15-,16-,17-,18-,19-,20+,21+,22+/m1/s1. The van der Waals surface area contributed by atoms with Crippen molar-refractivity contribution in [2.45, 2.75) is 106 Å². The molecule has 0 spiro atoms. The van der Waals surface area contributed by atoms with Gasteiger partial charge in [0, 0.05) is 13.8 Å². The summed E-state index contributed by atoms with van der Waals surface area (Å²) in [5.74, 6) is -1.28. The van der Waals surface area contributed by atoms with E-state index in [1.54, 1.807) is 0 Å². The fourth-order valence-electron chi connectivity index (χ4n) is 4.91. The summed E-state index contributed by atoms with van der Waals surface area (Å²) in [5.41, 5.74) is 5.74. The highest BCUT2D eigenvalue weighted by atomic mass is 16.7. The van der Waals surface area contributed by atoms with Crippen LogP contribution in [0.15, 0.2) is 0 Å². The number of carbonyl (C=O) groups excluding carboxylic acids is 2. The summed E-state index contributed by atoms with van der Waals surface area (Å²) in [6, 6.07) is -4.17. The number of hydrogen-bond donors (Lipinski definition) is 11. The molecule has 0 aliphatic carbocycles. The maximum absolute atomic E-state index is 12.0. The summed E-state index contributed by atoms with van der Waals surface area (Å²) < 4.78 is 28.1. The highest BCUT2D eigenvalue weighted by Gasteiger charge is 2.53. The zero-order chi connectivity index (χ0) is 29.9. The molecule has 2 amide bonds. The molecule has 3 saturated heterocycles. The average molecular weight is 586 g/mol. The van der Waals surface area contributed by atoms with Gasteiger partial charge in [0.25, 0.3) is 0 Å². The van der Waals surface area contributed by atoms with E-state index in [2.05, 4.69) is 10.6 Å². The second-order valence-corrected chi connectivity index (χ2v) is 9.89. The summed E-state index contributed by atoms with van der Waals surface area (Å²) in [6.45, 7) is -0.000639. The van der Waals surface area contributed by atoms with Crippen LogP contribution in [0.5, 0.6) is 0 Å². The van der Waals surface area contributed by atoms with Crippen LogP contribution in [-0.2, 0) is 33.3 Å². The Labute approximate surface area is 228 Å².